The van der Waals surface area contributed by atoms with E-state index in [0.29, 0.717) is 12.1 Å². The topological polar surface area (TPSA) is 33.4 Å². The molecule has 7 aromatic rings. The van der Waals surface area contributed by atoms with Gasteiger partial charge in [0.05, 0.1) is 28.8 Å². The van der Waals surface area contributed by atoms with Gasteiger partial charge in [0.15, 0.2) is 0 Å². The monoisotopic (exact) mass is 479 g/mol. The molecule has 1 aliphatic heterocycles. The molecule has 3 nitrogen and oxygen atoms in total. The number of hydrogen-bond acceptors (Lipinski definition) is 3. The van der Waals surface area contributed by atoms with Crippen molar-refractivity contribution in [3.8, 4) is 11.1 Å². The van der Waals surface area contributed by atoms with E-state index in [1.165, 1.54) is 64.2 Å². The molecule has 2 atom stereocenters. The molecular weight excluding hydrogens is 458 g/mol. The van der Waals surface area contributed by atoms with Crippen molar-refractivity contribution in [2.45, 2.75) is 12.1 Å². The molecule has 0 radical (unpaired) electrons. The summed E-state index contributed by atoms with van der Waals surface area (Å²) >= 11 is 1.88. The number of fused-ring (bicyclic) bond motifs is 8. The number of rotatable bonds is 2. The van der Waals surface area contributed by atoms with Gasteiger partial charge in [0.25, 0.3) is 0 Å². The number of para-hydroxylation sites is 1. The molecule has 36 heavy (non-hydrogen) atoms. The minimum absolute atomic E-state index is 0.418. The molecule has 0 saturated carbocycles. The van der Waals surface area contributed by atoms with E-state index in [4.69, 9.17) is 5.73 Å². The lowest BCUT2D eigenvalue weighted by Gasteiger charge is -2.07. The van der Waals surface area contributed by atoms with Gasteiger partial charge < -0.3 is 10.6 Å². The summed E-state index contributed by atoms with van der Waals surface area (Å²) < 4.78 is 4.95. The summed E-state index contributed by atoms with van der Waals surface area (Å²) in [6, 6.07) is 29.6. The fourth-order valence-corrected chi connectivity index (χ4v) is 7.68. The Hall–Kier alpha value is -4.28. The summed E-state index contributed by atoms with van der Waals surface area (Å²) in [6.45, 7) is 0. The lowest BCUT2D eigenvalue weighted by atomic mass is 10.0. The standard InChI is InChI=1S/C32H21N3S/c33-32-31(34-23-11-4-5-12-24(23)34)22-10-6-9-21-28-25(35(32)30(21)22)15-16-26-29(28)20-14-13-19(17-27(20)36-26)18-7-2-1-3-8-18/h1-17,23-24H,33H2/t23-,24?,34?/m1/s1. The van der Waals surface area contributed by atoms with Crippen molar-refractivity contribution in [2.24, 2.45) is 0 Å². The Morgan fingerprint density at radius 1 is 0.667 bits per heavy atom. The third kappa shape index (κ3) is 2.24. The number of hydrogen-bond donors (Lipinski definition) is 1. The normalized spacial score (nSPS) is 18.9. The zero-order valence-electron chi connectivity index (χ0n) is 19.3. The van der Waals surface area contributed by atoms with Crippen LogP contribution < -0.4 is 10.6 Å². The van der Waals surface area contributed by atoms with E-state index in [-0.39, 0.29) is 0 Å². The Labute approximate surface area is 211 Å². The van der Waals surface area contributed by atoms with E-state index in [2.05, 4.69) is 112 Å². The first-order chi connectivity index (χ1) is 17.8. The molecule has 4 aromatic carbocycles. The predicted octanol–water partition coefficient (Wildman–Crippen LogP) is 7.98. The van der Waals surface area contributed by atoms with E-state index in [1.807, 2.05) is 11.3 Å². The van der Waals surface area contributed by atoms with Crippen molar-refractivity contribution in [2.75, 3.05) is 10.6 Å². The van der Waals surface area contributed by atoms with Gasteiger partial charge in [-0.1, -0.05) is 85.0 Å². The van der Waals surface area contributed by atoms with Crippen molar-refractivity contribution in [1.82, 2.24) is 4.40 Å². The number of thiophene rings is 1. The van der Waals surface area contributed by atoms with E-state index >= 15 is 0 Å². The van der Waals surface area contributed by atoms with Crippen LogP contribution in [0.2, 0.25) is 0 Å². The van der Waals surface area contributed by atoms with Crippen LogP contribution in [-0.4, -0.2) is 16.5 Å². The van der Waals surface area contributed by atoms with Gasteiger partial charge in [-0.15, -0.1) is 11.3 Å². The van der Waals surface area contributed by atoms with E-state index < -0.39 is 0 Å². The quantitative estimate of drug-likeness (QED) is 0.255. The van der Waals surface area contributed by atoms with Gasteiger partial charge >= 0.3 is 0 Å². The third-order valence-corrected chi connectivity index (χ3v) is 9.24. The summed E-state index contributed by atoms with van der Waals surface area (Å²) in [6.07, 6.45) is 8.85. The van der Waals surface area contributed by atoms with Crippen LogP contribution in [-0.2, 0) is 0 Å². The summed E-state index contributed by atoms with van der Waals surface area (Å²) in [7, 11) is 0. The zero-order chi connectivity index (χ0) is 23.5. The van der Waals surface area contributed by atoms with Crippen LogP contribution in [0, 0.1) is 0 Å². The predicted molar refractivity (Wildman–Crippen MR) is 155 cm³/mol. The summed E-state index contributed by atoms with van der Waals surface area (Å²) in [5.41, 5.74) is 13.1. The van der Waals surface area contributed by atoms with Crippen molar-refractivity contribution in [1.29, 1.82) is 0 Å². The van der Waals surface area contributed by atoms with Gasteiger partial charge in [-0.3, -0.25) is 4.40 Å². The van der Waals surface area contributed by atoms with Crippen LogP contribution in [0.25, 0.3) is 58.5 Å². The Balaban J connectivity index is 1.35. The first kappa shape index (κ1) is 19.0. The number of nitrogens with two attached hydrogens (primary N) is 1. The Morgan fingerprint density at radius 2 is 1.47 bits per heavy atom. The molecule has 4 heteroatoms. The van der Waals surface area contributed by atoms with Crippen LogP contribution in [0.15, 0.2) is 103 Å². The van der Waals surface area contributed by atoms with Gasteiger partial charge in [-0.05, 0) is 29.3 Å². The van der Waals surface area contributed by atoms with E-state index in [1.54, 1.807) is 0 Å². The minimum Gasteiger partial charge on any atom is -0.383 e. The molecule has 0 amide bonds. The Morgan fingerprint density at radius 3 is 2.31 bits per heavy atom. The second-order valence-corrected chi connectivity index (χ2v) is 11.0. The second-order valence-electron chi connectivity index (χ2n) is 9.94. The fourth-order valence-electron chi connectivity index (χ4n) is 6.52. The van der Waals surface area contributed by atoms with Crippen LogP contribution in [0.5, 0.6) is 0 Å². The molecule has 9 rings (SSSR count). The van der Waals surface area contributed by atoms with Crippen LogP contribution in [0.1, 0.15) is 0 Å². The van der Waals surface area contributed by atoms with Crippen molar-refractivity contribution in [3.05, 3.63) is 103 Å². The lowest BCUT2D eigenvalue weighted by molar-refractivity contribution is 1.21. The molecule has 3 aromatic heterocycles. The summed E-state index contributed by atoms with van der Waals surface area (Å²) in [5, 5.41) is 6.51. The number of aromatic nitrogens is 1. The molecule has 0 spiro atoms. The molecule has 2 aliphatic rings. The maximum atomic E-state index is 6.96. The average Bonchev–Trinajstić information content (AvgIpc) is 3.21. The first-order valence-electron chi connectivity index (χ1n) is 12.4. The number of anilines is 2. The van der Waals surface area contributed by atoms with Crippen LogP contribution in [0.4, 0.5) is 11.5 Å². The highest BCUT2D eigenvalue weighted by Gasteiger charge is 2.47. The van der Waals surface area contributed by atoms with E-state index in [9.17, 15) is 0 Å². The molecule has 1 aliphatic carbocycles. The molecule has 1 saturated heterocycles. The smallest absolute Gasteiger partial charge is 0.133 e. The largest absolute Gasteiger partial charge is 0.383 e. The maximum absolute atomic E-state index is 6.96. The van der Waals surface area contributed by atoms with Crippen LogP contribution >= 0.6 is 11.3 Å². The number of benzene rings is 4. The highest BCUT2D eigenvalue weighted by atomic mass is 32.1. The Kier molecular flexibility index (Phi) is 3.41. The molecule has 1 fully saturated rings. The SMILES string of the molecule is Nc1c(N2C3C=CC=C[C@H]32)c2cccc3c4c5c(ccc4n1c23)sc1cc(-c2ccccc2)ccc15. The second kappa shape index (κ2) is 6.48. The molecule has 1 unspecified atom stereocenters. The zero-order valence-corrected chi connectivity index (χ0v) is 20.2. The van der Waals surface area contributed by atoms with Gasteiger partial charge in [0.2, 0.25) is 0 Å². The minimum atomic E-state index is 0.418. The molecule has 2 N–H and O–H groups in total. The Bertz CT molecular complexity index is 2060. The van der Waals surface area contributed by atoms with Gasteiger partial charge in [-0.2, -0.15) is 0 Å². The first-order valence-corrected chi connectivity index (χ1v) is 13.2. The molecular formula is C32H21N3S. The van der Waals surface area contributed by atoms with Crippen LogP contribution in [0.3, 0.4) is 0 Å². The lowest BCUT2D eigenvalue weighted by Crippen LogP contribution is -2.02. The van der Waals surface area contributed by atoms with Crippen molar-refractivity contribution >= 4 is 70.2 Å². The number of allylic oxidation sites excluding steroid dienone is 2. The average molecular weight is 480 g/mol. The van der Waals surface area contributed by atoms with Gasteiger partial charge in [0.1, 0.15) is 5.82 Å². The fraction of sp³-hybridized carbons (Fsp3) is 0.0625. The third-order valence-electron chi connectivity index (χ3n) is 8.12. The maximum Gasteiger partial charge on any atom is 0.133 e. The summed E-state index contributed by atoms with van der Waals surface area (Å²) in [5.74, 6) is 0.845. The highest BCUT2D eigenvalue weighted by Crippen LogP contribution is 2.51. The van der Waals surface area contributed by atoms with Gasteiger partial charge in [0, 0.05) is 36.3 Å². The van der Waals surface area contributed by atoms with Crippen molar-refractivity contribution < 1.29 is 0 Å². The van der Waals surface area contributed by atoms with Gasteiger partial charge in [-0.25, -0.2) is 0 Å². The van der Waals surface area contributed by atoms with Crippen molar-refractivity contribution in [3.63, 3.8) is 0 Å². The highest BCUT2D eigenvalue weighted by molar-refractivity contribution is 7.26. The molecule has 4 heterocycles. The van der Waals surface area contributed by atoms with E-state index in [0.717, 1.165) is 5.82 Å². The number of nitrogens with zero attached hydrogens (tertiary/aromatic N) is 2. The summed E-state index contributed by atoms with van der Waals surface area (Å²) in [4.78, 5) is 2.45. The molecule has 0 bridgehead atoms. The molecule has 170 valence electrons. The number of nitrogen functional groups attached to an aromatic ring is 1.